The van der Waals surface area contributed by atoms with Crippen molar-refractivity contribution in [1.29, 1.82) is 0 Å². The number of hydrogen-bond acceptors (Lipinski definition) is 2. The van der Waals surface area contributed by atoms with Gasteiger partial charge in [-0.15, -0.1) is 0 Å². The highest BCUT2D eigenvalue weighted by Gasteiger charge is 2.36. The number of benzene rings is 1. The molecule has 5 heteroatoms. The molecule has 114 valence electrons. The molecule has 0 N–H and O–H groups in total. The summed E-state index contributed by atoms with van der Waals surface area (Å²) in [5, 5.41) is 0. The molecule has 1 fully saturated rings. The first-order valence-electron chi connectivity index (χ1n) is 7.43. The first kappa shape index (κ1) is 15.5. The van der Waals surface area contributed by atoms with Crippen molar-refractivity contribution < 1.29 is 14.0 Å². The van der Waals surface area contributed by atoms with E-state index in [4.69, 9.17) is 0 Å². The fourth-order valence-corrected chi connectivity index (χ4v) is 2.77. The highest BCUT2D eigenvalue weighted by molar-refractivity contribution is 5.97. The SMILES string of the molecule is CCN(CC)C(=O)[C@H]1CCCN1C(=O)c1ccc(F)cc1. The summed E-state index contributed by atoms with van der Waals surface area (Å²) in [5.41, 5.74) is 0.427. The standard InChI is InChI=1S/C16H21FN2O2/c1-3-18(4-2)16(21)14-6-5-11-19(14)15(20)12-7-9-13(17)10-8-12/h7-10,14H,3-6,11H2,1-2H3/t14-/m1/s1. The van der Waals surface area contributed by atoms with Crippen molar-refractivity contribution in [3.8, 4) is 0 Å². The van der Waals surface area contributed by atoms with Gasteiger partial charge in [0, 0.05) is 25.2 Å². The zero-order chi connectivity index (χ0) is 15.4. The van der Waals surface area contributed by atoms with Crippen LogP contribution in [0.4, 0.5) is 4.39 Å². The number of carbonyl (C=O) groups is 2. The van der Waals surface area contributed by atoms with E-state index < -0.39 is 0 Å². The topological polar surface area (TPSA) is 40.6 Å². The molecule has 1 aromatic carbocycles. The van der Waals surface area contributed by atoms with Crippen molar-refractivity contribution >= 4 is 11.8 Å². The van der Waals surface area contributed by atoms with E-state index in [2.05, 4.69) is 0 Å². The predicted octanol–water partition coefficient (Wildman–Crippen LogP) is 2.30. The fraction of sp³-hybridized carbons (Fsp3) is 0.500. The number of hydrogen-bond donors (Lipinski definition) is 0. The molecule has 1 atom stereocenters. The fourth-order valence-electron chi connectivity index (χ4n) is 2.77. The van der Waals surface area contributed by atoms with Crippen LogP contribution in [0.5, 0.6) is 0 Å². The van der Waals surface area contributed by atoms with E-state index in [0.717, 1.165) is 6.42 Å². The zero-order valence-corrected chi connectivity index (χ0v) is 12.5. The minimum atomic E-state index is -0.387. The number of nitrogens with zero attached hydrogens (tertiary/aromatic N) is 2. The Bertz CT molecular complexity index is 512. The molecule has 0 bridgehead atoms. The van der Waals surface area contributed by atoms with Gasteiger partial charge in [0.1, 0.15) is 11.9 Å². The lowest BCUT2D eigenvalue weighted by Crippen LogP contribution is -2.47. The molecule has 2 amide bonds. The second kappa shape index (κ2) is 6.70. The molecule has 21 heavy (non-hydrogen) atoms. The highest BCUT2D eigenvalue weighted by Crippen LogP contribution is 2.22. The molecule has 1 aliphatic rings. The first-order valence-corrected chi connectivity index (χ1v) is 7.43. The molecule has 0 radical (unpaired) electrons. The second-order valence-corrected chi connectivity index (χ2v) is 5.17. The normalized spacial score (nSPS) is 17.9. The van der Waals surface area contributed by atoms with E-state index in [1.54, 1.807) is 9.80 Å². The van der Waals surface area contributed by atoms with Gasteiger partial charge in [-0.1, -0.05) is 0 Å². The molecular weight excluding hydrogens is 271 g/mol. The third kappa shape index (κ3) is 3.23. The third-order valence-corrected chi connectivity index (χ3v) is 3.97. The third-order valence-electron chi connectivity index (χ3n) is 3.97. The second-order valence-electron chi connectivity index (χ2n) is 5.17. The van der Waals surface area contributed by atoms with Crippen LogP contribution in [0.3, 0.4) is 0 Å². The van der Waals surface area contributed by atoms with Crippen LogP contribution in [-0.2, 0) is 4.79 Å². The van der Waals surface area contributed by atoms with Crippen LogP contribution in [-0.4, -0.2) is 47.3 Å². The Kier molecular flexibility index (Phi) is 4.94. The molecule has 0 aliphatic carbocycles. The maximum atomic E-state index is 12.9. The summed E-state index contributed by atoms with van der Waals surface area (Å²) in [7, 11) is 0. The Morgan fingerprint density at radius 1 is 1.24 bits per heavy atom. The Balaban J connectivity index is 2.16. The van der Waals surface area contributed by atoms with E-state index in [-0.39, 0.29) is 23.7 Å². The van der Waals surface area contributed by atoms with Gasteiger partial charge in [0.05, 0.1) is 0 Å². The number of amides is 2. The van der Waals surface area contributed by atoms with Crippen LogP contribution < -0.4 is 0 Å². The van der Waals surface area contributed by atoms with E-state index in [0.29, 0.717) is 31.6 Å². The quantitative estimate of drug-likeness (QED) is 0.854. The Morgan fingerprint density at radius 3 is 2.43 bits per heavy atom. The Morgan fingerprint density at radius 2 is 1.86 bits per heavy atom. The van der Waals surface area contributed by atoms with Crippen molar-refractivity contribution in [2.75, 3.05) is 19.6 Å². The van der Waals surface area contributed by atoms with Gasteiger partial charge in [-0.25, -0.2) is 4.39 Å². The molecule has 0 unspecified atom stereocenters. The molecule has 2 rings (SSSR count). The summed E-state index contributed by atoms with van der Waals surface area (Å²) in [6, 6.07) is 5.08. The first-order chi connectivity index (χ1) is 10.1. The lowest BCUT2D eigenvalue weighted by molar-refractivity contribution is -0.134. The maximum Gasteiger partial charge on any atom is 0.254 e. The molecule has 0 aromatic heterocycles. The van der Waals surface area contributed by atoms with Crippen LogP contribution in [0.25, 0.3) is 0 Å². The molecule has 4 nitrogen and oxygen atoms in total. The Labute approximate surface area is 124 Å². The molecule has 0 spiro atoms. The van der Waals surface area contributed by atoms with E-state index >= 15 is 0 Å². The van der Waals surface area contributed by atoms with Crippen molar-refractivity contribution in [2.24, 2.45) is 0 Å². The van der Waals surface area contributed by atoms with Crippen molar-refractivity contribution in [3.63, 3.8) is 0 Å². The number of carbonyl (C=O) groups excluding carboxylic acids is 2. The van der Waals surface area contributed by atoms with Gasteiger partial charge in [-0.3, -0.25) is 9.59 Å². The number of likely N-dealkylation sites (N-methyl/N-ethyl adjacent to an activating group) is 1. The van der Waals surface area contributed by atoms with Gasteiger partial charge < -0.3 is 9.80 Å². The lowest BCUT2D eigenvalue weighted by Gasteiger charge is -2.29. The summed E-state index contributed by atoms with van der Waals surface area (Å²) >= 11 is 0. The van der Waals surface area contributed by atoms with Gasteiger partial charge in [-0.2, -0.15) is 0 Å². The average Bonchev–Trinajstić information content (AvgIpc) is 2.97. The average molecular weight is 292 g/mol. The number of rotatable bonds is 4. The smallest absolute Gasteiger partial charge is 0.254 e. The summed E-state index contributed by atoms with van der Waals surface area (Å²) in [5.74, 6) is -0.560. The molecular formula is C16H21FN2O2. The summed E-state index contributed by atoms with van der Waals surface area (Å²) in [6.07, 6.45) is 1.52. The van der Waals surface area contributed by atoms with E-state index in [1.807, 2.05) is 13.8 Å². The Hall–Kier alpha value is -1.91. The largest absolute Gasteiger partial charge is 0.341 e. The molecule has 1 saturated heterocycles. The van der Waals surface area contributed by atoms with Gasteiger partial charge in [0.2, 0.25) is 5.91 Å². The minimum Gasteiger partial charge on any atom is -0.341 e. The lowest BCUT2D eigenvalue weighted by atomic mass is 10.1. The van der Waals surface area contributed by atoms with Gasteiger partial charge in [0.25, 0.3) is 5.91 Å². The van der Waals surface area contributed by atoms with Crippen molar-refractivity contribution in [3.05, 3.63) is 35.6 Å². The zero-order valence-electron chi connectivity index (χ0n) is 12.5. The summed E-state index contributed by atoms with van der Waals surface area (Å²) in [6.45, 7) is 5.73. The maximum absolute atomic E-state index is 12.9. The van der Waals surface area contributed by atoms with Gasteiger partial charge >= 0.3 is 0 Å². The summed E-state index contributed by atoms with van der Waals surface area (Å²) in [4.78, 5) is 28.4. The van der Waals surface area contributed by atoms with Crippen LogP contribution in [0, 0.1) is 5.82 Å². The number of halogens is 1. The molecule has 1 aromatic rings. The van der Waals surface area contributed by atoms with Crippen LogP contribution in [0.15, 0.2) is 24.3 Å². The van der Waals surface area contributed by atoms with Crippen LogP contribution >= 0.6 is 0 Å². The number of likely N-dealkylation sites (tertiary alicyclic amines) is 1. The van der Waals surface area contributed by atoms with Crippen LogP contribution in [0.2, 0.25) is 0 Å². The van der Waals surface area contributed by atoms with Gasteiger partial charge in [-0.05, 0) is 51.0 Å². The summed E-state index contributed by atoms with van der Waals surface area (Å²) < 4.78 is 12.9. The van der Waals surface area contributed by atoms with Crippen molar-refractivity contribution in [2.45, 2.75) is 32.7 Å². The predicted molar refractivity (Wildman–Crippen MR) is 78.4 cm³/mol. The van der Waals surface area contributed by atoms with E-state index in [1.165, 1.54) is 24.3 Å². The minimum absolute atomic E-state index is 0.00737. The monoisotopic (exact) mass is 292 g/mol. The molecule has 1 heterocycles. The molecule has 1 aliphatic heterocycles. The molecule has 0 saturated carbocycles. The van der Waals surface area contributed by atoms with Gasteiger partial charge in [0.15, 0.2) is 0 Å². The highest BCUT2D eigenvalue weighted by atomic mass is 19.1. The van der Waals surface area contributed by atoms with E-state index in [9.17, 15) is 14.0 Å². The van der Waals surface area contributed by atoms with Crippen molar-refractivity contribution in [1.82, 2.24) is 9.80 Å². The van der Waals surface area contributed by atoms with Crippen LogP contribution in [0.1, 0.15) is 37.0 Å².